The van der Waals surface area contributed by atoms with Crippen LogP contribution in [0.4, 0.5) is 0 Å². The quantitative estimate of drug-likeness (QED) is 0.574. The van der Waals surface area contributed by atoms with Crippen LogP contribution < -0.4 is 10.9 Å². The Labute approximate surface area is 82.8 Å². The average molecular weight is 221 g/mol. The van der Waals surface area contributed by atoms with Crippen molar-refractivity contribution in [2.24, 2.45) is 5.14 Å². The molecule has 81 valence electrons. The Morgan fingerprint density at radius 1 is 1.29 bits per heavy atom. The van der Waals surface area contributed by atoms with Crippen LogP contribution >= 0.6 is 0 Å². The van der Waals surface area contributed by atoms with Gasteiger partial charge in [0.15, 0.2) is 0 Å². The molecule has 1 rings (SSSR count). The molecular weight excluding hydrogens is 208 g/mol. The predicted octanol–water partition coefficient (Wildman–Crippen LogP) is -2.38. The molecule has 0 spiro atoms. The molecule has 0 aromatic rings. The summed E-state index contributed by atoms with van der Waals surface area (Å²) in [4.78, 5) is 12.2. The molecule has 8 heteroatoms. The van der Waals surface area contributed by atoms with E-state index >= 15 is 0 Å². The predicted molar refractivity (Wildman–Crippen MR) is 49.2 cm³/mol. The lowest BCUT2D eigenvalue weighted by Gasteiger charge is -2.31. The van der Waals surface area contributed by atoms with Gasteiger partial charge in [0.05, 0.1) is 6.54 Å². The molecule has 0 aromatic heterocycles. The molecule has 7 nitrogen and oxygen atoms in total. The van der Waals surface area contributed by atoms with E-state index in [0.29, 0.717) is 13.1 Å². The van der Waals surface area contributed by atoms with E-state index in [4.69, 9.17) is 10.9 Å². The van der Waals surface area contributed by atoms with Crippen molar-refractivity contribution in [2.45, 2.75) is 0 Å². The number of amides is 1. The Balaban J connectivity index is 2.43. The van der Waals surface area contributed by atoms with Gasteiger partial charge in [-0.3, -0.25) is 15.4 Å². The molecule has 0 unspecified atom stereocenters. The number of hydrogen-bond donors (Lipinski definition) is 1. The number of nitrogens with zero attached hydrogens (tertiary/aromatic N) is 2. The van der Waals surface area contributed by atoms with Gasteiger partial charge in [0.2, 0.25) is 0 Å². The van der Waals surface area contributed by atoms with Gasteiger partial charge >= 0.3 is 0 Å². The molecule has 14 heavy (non-hydrogen) atoms. The normalized spacial score (nSPS) is 20.9. The molecule has 1 fully saturated rings. The van der Waals surface area contributed by atoms with E-state index in [2.05, 4.69) is 0 Å². The van der Waals surface area contributed by atoms with E-state index < -0.39 is 16.1 Å². The van der Waals surface area contributed by atoms with Gasteiger partial charge < -0.3 is 0 Å². The molecule has 1 aliphatic heterocycles. The Hall–Kier alpha value is -0.700. The van der Waals surface area contributed by atoms with Crippen LogP contribution in [0.5, 0.6) is 0 Å². The lowest BCUT2D eigenvalue weighted by molar-refractivity contribution is -0.120. The zero-order valence-electron chi connectivity index (χ0n) is 7.64. The van der Waals surface area contributed by atoms with Crippen molar-refractivity contribution in [1.82, 2.24) is 14.9 Å². The van der Waals surface area contributed by atoms with Gasteiger partial charge in [-0.2, -0.15) is 12.7 Å². The smallest absolute Gasteiger partial charge is 0.276 e. The van der Waals surface area contributed by atoms with E-state index in [1.165, 1.54) is 0 Å². The molecule has 3 N–H and O–H groups in total. The van der Waals surface area contributed by atoms with Crippen molar-refractivity contribution in [1.29, 1.82) is 0 Å². The van der Waals surface area contributed by atoms with Crippen molar-refractivity contribution in [3.63, 3.8) is 0 Å². The second kappa shape index (κ2) is 4.22. The largest absolute Gasteiger partial charge is 0.292 e. The van der Waals surface area contributed by atoms with Crippen molar-refractivity contribution in [3.8, 4) is 0 Å². The zero-order valence-corrected chi connectivity index (χ0v) is 8.46. The minimum atomic E-state index is -3.60. The zero-order chi connectivity index (χ0) is 10.8. The summed E-state index contributed by atoms with van der Waals surface area (Å²) in [7, 11) is -3.60. The first kappa shape index (κ1) is 11.4. The summed E-state index contributed by atoms with van der Waals surface area (Å²) >= 11 is 0. The number of hydrogen-bond acceptors (Lipinski definition) is 4. The lowest BCUT2D eigenvalue weighted by atomic mass is 10.3. The summed E-state index contributed by atoms with van der Waals surface area (Å²) in [5.41, 5.74) is 6.75. The van der Waals surface area contributed by atoms with Crippen molar-refractivity contribution < 1.29 is 13.2 Å². The number of piperazine rings is 1. The Bertz CT molecular complexity index is 307. The van der Waals surface area contributed by atoms with E-state index in [-0.39, 0.29) is 19.6 Å². The summed E-state index contributed by atoms with van der Waals surface area (Å²) in [5, 5.41) is 4.93. The Morgan fingerprint density at radius 2 is 1.79 bits per heavy atom. The highest BCUT2D eigenvalue weighted by Gasteiger charge is 2.24. The minimum absolute atomic E-state index is 0.0540. The fraction of sp³-hybridized carbons (Fsp3) is 0.833. The lowest BCUT2D eigenvalue weighted by Crippen LogP contribution is -2.51. The SMILES string of the molecule is [NH]C(=O)CN1CCN(S(N)(=O)=O)CC1. The summed E-state index contributed by atoms with van der Waals surface area (Å²) in [6.07, 6.45) is 0. The van der Waals surface area contributed by atoms with Crippen molar-refractivity contribution >= 4 is 16.1 Å². The number of rotatable bonds is 3. The number of carbonyl (C=O) groups is 1. The van der Waals surface area contributed by atoms with Crippen LogP contribution in [0.1, 0.15) is 0 Å². The van der Waals surface area contributed by atoms with Crippen LogP contribution in [0.2, 0.25) is 0 Å². The monoisotopic (exact) mass is 221 g/mol. The van der Waals surface area contributed by atoms with Crippen molar-refractivity contribution in [2.75, 3.05) is 32.7 Å². The van der Waals surface area contributed by atoms with Crippen LogP contribution in [-0.4, -0.2) is 56.3 Å². The fourth-order valence-electron chi connectivity index (χ4n) is 1.35. The maximum atomic E-state index is 10.9. The highest BCUT2D eigenvalue weighted by molar-refractivity contribution is 7.86. The van der Waals surface area contributed by atoms with Gasteiger partial charge in [0.25, 0.3) is 16.1 Å². The first-order chi connectivity index (χ1) is 6.39. The van der Waals surface area contributed by atoms with Crippen LogP contribution in [0.3, 0.4) is 0 Å². The third kappa shape index (κ3) is 3.22. The second-order valence-corrected chi connectivity index (χ2v) is 4.69. The Morgan fingerprint density at radius 3 is 2.14 bits per heavy atom. The summed E-state index contributed by atoms with van der Waals surface area (Å²) < 4.78 is 23.0. The molecule has 0 bridgehead atoms. The highest BCUT2D eigenvalue weighted by atomic mass is 32.2. The van der Waals surface area contributed by atoms with E-state index in [1.807, 2.05) is 0 Å². The maximum absolute atomic E-state index is 10.9. The van der Waals surface area contributed by atoms with Gasteiger partial charge in [-0.05, 0) is 0 Å². The summed E-state index contributed by atoms with van der Waals surface area (Å²) in [6.45, 7) is 1.51. The van der Waals surface area contributed by atoms with Crippen LogP contribution in [0.25, 0.3) is 0 Å². The number of carbonyl (C=O) groups excluding carboxylic acids is 1. The average Bonchev–Trinajstić information content (AvgIpc) is 2.02. The van der Waals surface area contributed by atoms with Gasteiger partial charge in [0.1, 0.15) is 0 Å². The summed E-state index contributed by atoms with van der Waals surface area (Å²) in [6, 6.07) is 0. The van der Waals surface area contributed by atoms with Crippen LogP contribution in [0, 0.1) is 0 Å². The molecule has 0 aromatic carbocycles. The van der Waals surface area contributed by atoms with Crippen molar-refractivity contribution in [3.05, 3.63) is 0 Å². The van der Waals surface area contributed by atoms with E-state index in [9.17, 15) is 13.2 Å². The Kier molecular flexibility index (Phi) is 3.43. The molecule has 0 atom stereocenters. The second-order valence-electron chi connectivity index (χ2n) is 3.14. The maximum Gasteiger partial charge on any atom is 0.276 e. The van der Waals surface area contributed by atoms with Crippen LogP contribution in [-0.2, 0) is 15.0 Å². The van der Waals surface area contributed by atoms with E-state index in [1.54, 1.807) is 4.90 Å². The minimum Gasteiger partial charge on any atom is -0.292 e. The first-order valence-electron chi connectivity index (χ1n) is 4.14. The molecule has 1 amide bonds. The number of nitrogens with two attached hydrogens (primary N) is 1. The van der Waals surface area contributed by atoms with E-state index in [0.717, 1.165) is 4.31 Å². The first-order valence-corrected chi connectivity index (χ1v) is 5.64. The fourth-order valence-corrected chi connectivity index (χ4v) is 2.02. The third-order valence-electron chi connectivity index (χ3n) is 2.06. The molecule has 1 saturated heterocycles. The van der Waals surface area contributed by atoms with Gasteiger partial charge in [-0.25, -0.2) is 5.14 Å². The molecule has 1 aliphatic rings. The highest BCUT2D eigenvalue weighted by Crippen LogP contribution is 2.03. The molecule has 1 radical (unpaired) electrons. The summed E-state index contributed by atoms with van der Waals surface area (Å²) in [5.74, 6) is -0.658. The third-order valence-corrected chi connectivity index (χ3v) is 3.14. The molecular formula is C6H13N4O3S. The van der Waals surface area contributed by atoms with Gasteiger partial charge in [0, 0.05) is 26.2 Å². The number of nitrogens with one attached hydrogen (secondary N) is 1. The molecule has 1 heterocycles. The van der Waals surface area contributed by atoms with Crippen LogP contribution in [0.15, 0.2) is 0 Å². The molecule has 0 aliphatic carbocycles. The standard InChI is InChI=1S/C6H13N4O3S/c7-6(11)5-9-1-3-10(4-2-9)14(8,12)13/h7H,1-5H2,(H2,8,12,13). The van der Waals surface area contributed by atoms with Gasteiger partial charge in [-0.1, -0.05) is 0 Å². The topological polar surface area (TPSA) is 108 Å². The molecule has 0 saturated carbocycles. The van der Waals surface area contributed by atoms with Gasteiger partial charge in [-0.15, -0.1) is 0 Å².